The topological polar surface area (TPSA) is 64.8 Å². The van der Waals surface area contributed by atoms with E-state index >= 15 is 0 Å². The third-order valence-corrected chi connectivity index (χ3v) is 5.37. The number of ether oxygens (including phenoxy) is 2. The highest BCUT2D eigenvalue weighted by molar-refractivity contribution is 5.76. The Kier molecular flexibility index (Phi) is 5.88. The van der Waals surface area contributed by atoms with Crippen LogP contribution in [-0.2, 0) is 24.2 Å². The number of fused-ring (bicyclic) bond motifs is 1. The summed E-state index contributed by atoms with van der Waals surface area (Å²) in [6.07, 6.45) is 2.62. The zero-order chi connectivity index (χ0) is 22.0. The first kappa shape index (κ1) is 20.8. The van der Waals surface area contributed by atoms with Gasteiger partial charge in [-0.1, -0.05) is 0 Å². The van der Waals surface area contributed by atoms with Gasteiger partial charge in [0.05, 0.1) is 26.0 Å². The molecular weight excluding hydrogens is 406 g/mol. The number of hydrogen-bond acceptors (Lipinski definition) is 5. The highest BCUT2D eigenvalue weighted by atomic mass is 19.1. The molecule has 1 amide bonds. The van der Waals surface area contributed by atoms with E-state index in [-0.39, 0.29) is 30.1 Å². The Bertz CT molecular complexity index is 1110. The first-order valence-corrected chi connectivity index (χ1v) is 9.90. The number of aromatic nitrogens is 1. The monoisotopic (exact) mass is 428 g/mol. The van der Waals surface area contributed by atoms with Crippen LogP contribution in [0.3, 0.4) is 0 Å². The van der Waals surface area contributed by atoms with E-state index in [4.69, 9.17) is 13.9 Å². The van der Waals surface area contributed by atoms with Gasteiger partial charge in [-0.05, 0) is 41.8 Å². The van der Waals surface area contributed by atoms with Gasteiger partial charge in [-0.3, -0.25) is 4.79 Å². The lowest BCUT2D eigenvalue weighted by molar-refractivity contribution is -0.132. The van der Waals surface area contributed by atoms with Gasteiger partial charge < -0.3 is 18.8 Å². The molecule has 0 aliphatic carbocycles. The molecule has 0 saturated carbocycles. The number of carbonyl (C=O) groups is 1. The number of aryl methyl sites for hydroxylation is 1. The molecule has 4 rings (SSSR count). The van der Waals surface area contributed by atoms with Gasteiger partial charge in [0.2, 0.25) is 5.91 Å². The molecule has 0 unspecified atom stereocenters. The van der Waals surface area contributed by atoms with Gasteiger partial charge in [0.25, 0.3) is 0 Å². The minimum absolute atomic E-state index is 0.0202. The van der Waals surface area contributed by atoms with Crippen molar-refractivity contribution in [3.63, 3.8) is 0 Å². The standard InChI is InChI=1S/C23H22F2N2O4/c1-29-19-9-14-7-8-27(13-15(14)10-20(19)30-2)23(28)6-5-22-26-12-21(31-22)17-4-3-16(24)11-18(17)25/h3-4,9-12H,5-8,13H2,1-2H3. The van der Waals surface area contributed by atoms with Crippen LogP contribution in [0.4, 0.5) is 8.78 Å². The lowest BCUT2D eigenvalue weighted by Gasteiger charge is -2.29. The molecule has 0 atom stereocenters. The first-order valence-electron chi connectivity index (χ1n) is 9.90. The molecule has 0 radical (unpaired) electrons. The van der Waals surface area contributed by atoms with E-state index in [9.17, 15) is 13.6 Å². The Balaban J connectivity index is 1.39. The maximum absolute atomic E-state index is 13.9. The summed E-state index contributed by atoms with van der Waals surface area (Å²) in [5.41, 5.74) is 2.30. The molecule has 0 spiro atoms. The molecule has 3 aromatic rings. The van der Waals surface area contributed by atoms with Crippen molar-refractivity contribution in [3.05, 3.63) is 65.2 Å². The molecular formula is C23H22F2N2O4. The molecule has 1 aliphatic rings. The van der Waals surface area contributed by atoms with Crippen LogP contribution >= 0.6 is 0 Å². The summed E-state index contributed by atoms with van der Waals surface area (Å²) in [5.74, 6) is 0.440. The van der Waals surface area contributed by atoms with E-state index in [1.807, 2.05) is 12.1 Å². The van der Waals surface area contributed by atoms with Crippen LogP contribution in [0, 0.1) is 11.6 Å². The molecule has 162 valence electrons. The van der Waals surface area contributed by atoms with Gasteiger partial charge in [-0.25, -0.2) is 13.8 Å². The van der Waals surface area contributed by atoms with E-state index in [1.54, 1.807) is 19.1 Å². The fourth-order valence-corrected chi connectivity index (χ4v) is 3.71. The summed E-state index contributed by atoms with van der Waals surface area (Å²) in [5, 5.41) is 0. The fourth-order valence-electron chi connectivity index (χ4n) is 3.71. The van der Waals surface area contributed by atoms with Crippen molar-refractivity contribution >= 4 is 5.91 Å². The highest BCUT2D eigenvalue weighted by Crippen LogP contribution is 2.33. The van der Waals surface area contributed by atoms with Crippen LogP contribution in [-0.4, -0.2) is 36.6 Å². The minimum Gasteiger partial charge on any atom is -0.493 e. The molecule has 2 heterocycles. The maximum Gasteiger partial charge on any atom is 0.223 e. The Morgan fingerprint density at radius 3 is 2.58 bits per heavy atom. The van der Waals surface area contributed by atoms with E-state index in [1.165, 1.54) is 12.3 Å². The summed E-state index contributed by atoms with van der Waals surface area (Å²) in [7, 11) is 3.18. The molecule has 1 aromatic heterocycles. The predicted octanol–water partition coefficient (Wildman–Crippen LogP) is 4.15. The van der Waals surface area contributed by atoms with Crippen molar-refractivity contribution in [1.82, 2.24) is 9.88 Å². The summed E-state index contributed by atoms with van der Waals surface area (Å²) in [6.45, 7) is 1.10. The van der Waals surface area contributed by atoms with E-state index < -0.39 is 11.6 Å². The number of rotatable bonds is 6. The van der Waals surface area contributed by atoms with E-state index in [0.717, 1.165) is 29.7 Å². The average Bonchev–Trinajstić information content (AvgIpc) is 3.24. The average molecular weight is 428 g/mol. The molecule has 2 aromatic carbocycles. The summed E-state index contributed by atoms with van der Waals surface area (Å²) >= 11 is 0. The Hall–Kier alpha value is -3.42. The van der Waals surface area contributed by atoms with Crippen LogP contribution < -0.4 is 9.47 Å². The first-order chi connectivity index (χ1) is 15.0. The van der Waals surface area contributed by atoms with Crippen molar-refractivity contribution in [2.45, 2.75) is 25.8 Å². The third kappa shape index (κ3) is 4.38. The zero-order valence-electron chi connectivity index (χ0n) is 17.3. The molecule has 1 aliphatic heterocycles. The molecule has 0 bridgehead atoms. The largest absolute Gasteiger partial charge is 0.493 e. The van der Waals surface area contributed by atoms with E-state index in [2.05, 4.69) is 4.98 Å². The number of nitrogens with zero attached hydrogens (tertiary/aromatic N) is 2. The molecule has 6 nitrogen and oxygen atoms in total. The summed E-state index contributed by atoms with van der Waals surface area (Å²) in [6, 6.07) is 7.11. The fraction of sp³-hybridized carbons (Fsp3) is 0.304. The molecule has 8 heteroatoms. The van der Waals surface area contributed by atoms with E-state index in [0.29, 0.717) is 30.5 Å². The molecule has 0 saturated heterocycles. The number of hydrogen-bond donors (Lipinski definition) is 0. The molecule has 31 heavy (non-hydrogen) atoms. The predicted molar refractivity (Wildman–Crippen MR) is 109 cm³/mol. The smallest absolute Gasteiger partial charge is 0.223 e. The second kappa shape index (κ2) is 8.75. The number of methoxy groups -OCH3 is 2. The summed E-state index contributed by atoms with van der Waals surface area (Å²) in [4.78, 5) is 18.6. The summed E-state index contributed by atoms with van der Waals surface area (Å²) < 4.78 is 43.3. The second-order valence-corrected chi connectivity index (χ2v) is 7.28. The quantitative estimate of drug-likeness (QED) is 0.590. The van der Waals surface area contributed by atoms with Crippen molar-refractivity contribution in [2.24, 2.45) is 0 Å². The Morgan fingerprint density at radius 2 is 1.87 bits per heavy atom. The SMILES string of the molecule is COc1cc2c(cc1OC)CN(C(=O)CCc1ncc(-c3ccc(F)cc3F)o1)CC2. The number of benzene rings is 2. The lowest BCUT2D eigenvalue weighted by atomic mass is 9.98. The maximum atomic E-state index is 13.9. The molecule has 0 N–H and O–H groups in total. The second-order valence-electron chi connectivity index (χ2n) is 7.28. The highest BCUT2D eigenvalue weighted by Gasteiger charge is 2.23. The van der Waals surface area contributed by atoms with Gasteiger partial charge in [-0.2, -0.15) is 0 Å². The van der Waals surface area contributed by atoms with Crippen LogP contribution in [0.1, 0.15) is 23.4 Å². The minimum atomic E-state index is -0.724. The number of oxazole rings is 1. The van der Waals surface area contributed by atoms with Crippen LogP contribution in [0.2, 0.25) is 0 Å². The third-order valence-electron chi connectivity index (χ3n) is 5.37. The van der Waals surface area contributed by atoms with Gasteiger partial charge in [-0.15, -0.1) is 0 Å². The normalized spacial score (nSPS) is 13.1. The molecule has 0 fully saturated rings. The Labute approximate surface area is 178 Å². The zero-order valence-corrected chi connectivity index (χ0v) is 17.3. The number of carbonyl (C=O) groups excluding carboxylic acids is 1. The van der Waals surface area contributed by atoms with Crippen LogP contribution in [0.5, 0.6) is 11.5 Å². The van der Waals surface area contributed by atoms with Crippen molar-refractivity contribution in [2.75, 3.05) is 20.8 Å². The van der Waals surface area contributed by atoms with Gasteiger partial charge in [0, 0.05) is 32.0 Å². The van der Waals surface area contributed by atoms with Gasteiger partial charge in [0.1, 0.15) is 11.6 Å². The van der Waals surface area contributed by atoms with Crippen molar-refractivity contribution < 1.29 is 27.5 Å². The van der Waals surface area contributed by atoms with Gasteiger partial charge in [0.15, 0.2) is 23.1 Å². The number of halogens is 2. The van der Waals surface area contributed by atoms with Crippen molar-refractivity contribution in [3.8, 4) is 22.8 Å². The Morgan fingerprint density at radius 1 is 1.13 bits per heavy atom. The van der Waals surface area contributed by atoms with Crippen molar-refractivity contribution in [1.29, 1.82) is 0 Å². The van der Waals surface area contributed by atoms with Gasteiger partial charge >= 0.3 is 0 Å². The number of amides is 1. The van der Waals surface area contributed by atoms with Crippen LogP contribution in [0.15, 0.2) is 40.9 Å². The van der Waals surface area contributed by atoms with Crippen LogP contribution in [0.25, 0.3) is 11.3 Å². The lowest BCUT2D eigenvalue weighted by Crippen LogP contribution is -2.36.